The van der Waals surface area contributed by atoms with Crippen molar-refractivity contribution in [2.24, 2.45) is 0 Å². The summed E-state index contributed by atoms with van der Waals surface area (Å²) < 4.78 is 15.4. The molecule has 0 unspecified atom stereocenters. The van der Waals surface area contributed by atoms with Gasteiger partial charge in [0.25, 0.3) is 5.56 Å². The fourth-order valence-corrected chi connectivity index (χ4v) is 2.90. The van der Waals surface area contributed by atoms with E-state index in [2.05, 4.69) is 10.1 Å². The molecule has 4 rings (SSSR count). The molecule has 0 atom stereocenters. The van der Waals surface area contributed by atoms with Crippen molar-refractivity contribution in [3.05, 3.63) is 82.0 Å². The van der Waals surface area contributed by atoms with Gasteiger partial charge in [-0.2, -0.15) is 0 Å². The van der Waals surface area contributed by atoms with Gasteiger partial charge in [-0.15, -0.1) is 0 Å². The van der Waals surface area contributed by atoms with E-state index in [-0.39, 0.29) is 16.8 Å². The van der Waals surface area contributed by atoms with Crippen molar-refractivity contribution >= 4 is 17.2 Å². The van der Waals surface area contributed by atoms with Gasteiger partial charge in [-0.1, -0.05) is 41.9 Å². The third-order valence-electron chi connectivity index (χ3n) is 3.81. The molecular weight excluding hydrogens is 329 g/mol. The molecule has 2 aromatic carbocycles. The molecule has 0 fully saturated rings. The van der Waals surface area contributed by atoms with Crippen LogP contribution in [0, 0.1) is 5.82 Å². The van der Waals surface area contributed by atoms with Gasteiger partial charge in [0.15, 0.2) is 5.65 Å². The maximum Gasteiger partial charge on any atom is 0.273 e. The summed E-state index contributed by atoms with van der Waals surface area (Å²) in [5.41, 5.74) is 2.06. The summed E-state index contributed by atoms with van der Waals surface area (Å²) in [5, 5.41) is 3.41. The second-order valence-electron chi connectivity index (χ2n) is 5.29. The Balaban J connectivity index is 2.01. The zero-order valence-electron chi connectivity index (χ0n) is 12.3. The first-order chi connectivity index (χ1) is 11.6. The standard InChI is InChI=1S/C18H11ClFN3O/c19-14-7-3-1-5-11(14)13-10-21-23-17(24)9-16(22-18(13)23)12-6-2-4-8-15(12)20/h1-10,21H. The van der Waals surface area contributed by atoms with Crippen LogP contribution < -0.4 is 5.56 Å². The quantitative estimate of drug-likeness (QED) is 0.596. The van der Waals surface area contributed by atoms with E-state index >= 15 is 0 Å². The maximum atomic E-state index is 14.0. The number of nitrogens with one attached hydrogen (secondary N) is 1. The number of rotatable bonds is 2. The minimum Gasteiger partial charge on any atom is -0.296 e. The van der Waals surface area contributed by atoms with Gasteiger partial charge >= 0.3 is 0 Å². The third-order valence-corrected chi connectivity index (χ3v) is 4.14. The number of aromatic amines is 1. The van der Waals surface area contributed by atoms with Crippen molar-refractivity contribution in [3.8, 4) is 22.4 Å². The zero-order valence-corrected chi connectivity index (χ0v) is 13.1. The van der Waals surface area contributed by atoms with E-state index in [4.69, 9.17) is 11.6 Å². The van der Waals surface area contributed by atoms with Gasteiger partial charge in [0.2, 0.25) is 0 Å². The van der Waals surface area contributed by atoms with E-state index in [1.54, 1.807) is 30.5 Å². The molecule has 4 aromatic rings. The Hall–Kier alpha value is -2.92. The van der Waals surface area contributed by atoms with Crippen molar-refractivity contribution in [1.29, 1.82) is 0 Å². The Bertz CT molecular complexity index is 1120. The molecule has 118 valence electrons. The third kappa shape index (κ3) is 2.30. The van der Waals surface area contributed by atoms with Crippen LogP contribution in [-0.4, -0.2) is 14.6 Å². The summed E-state index contributed by atoms with van der Waals surface area (Å²) in [6, 6.07) is 14.8. The van der Waals surface area contributed by atoms with Crippen LogP contribution in [0.1, 0.15) is 0 Å². The number of fused-ring (bicyclic) bond motifs is 1. The molecule has 6 heteroatoms. The topological polar surface area (TPSA) is 50.2 Å². The highest BCUT2D eigenvalue weighted by Gasteiger charge is 2.15. The van der Waals surface area contributed by atoms with Crippen molar-refractivity contribution in [2.45, 2.75) is 0 Å². The van der Waals surface area contributed by atoms with Crippen LogP contribution in [-0.2, 0) is 0 Å². The molecule has 0 amide bonds. The van der Waals surface area contributed by atoms with E-state index in [9.17, 15) is 9.18 Å². The van der Waals surface area contributed by atoms with E-state index in [1.165, 1.54) is 16.6 Å². The van der Waals surface area contributed by atoms with E-state index < -0.39 is 5.82 Å². The second-order valence-corrected chi connectivity index (χ2v) is 5.69. The van der Waals surface area contributed by atoms with Crippen molar-refractivity contribution in [3.63, 3.8) is 0 Å². The normalized spacial score (nSPS) is 11.1. The largest absolute Gasteiger partial charge is 0.296 e. The summed E-state index contributed by atoms with van der Waals surface area (Å²) >= 11 is 6.25. The Labute approximate surface area is 141 Å². The minimum atomic E-state index is -0.427. The predicted molar refractivity (Wildman–Crippen MR) is 91.7 cm³/mol. The van der Waals surface area contributed by atoms with E-state index in [0.29, 0.717) is 16.2 Å². The molecule has 0 saturated heterocycles. The molecule has 24 heavy (non-hydrogen) atoms. The highest BCUT2D eigenvalue weighted by molar-refractivity contribution is 6.33. The van der Waals surface area contributed by atoms with Gasteiger partial charge in [-0.05, 0) is 18.2 Å². The molecule has 0 spiro atoms. The van der Waals surface area contributed by atoms with Crippen LogP contribution in [0.2, 0.25) is 5.02 Å². The molecule has 0 bridgehead atoms. The number of hydrogen-bond acceptors (Lipinski definition) is 2. The van der Waals surface area contributed by atoms with Crippen molar-refractivity contribution in [2.75, 3.05) is 0 Å². The molecule has 2 heterocycles. The summed E-state index contributed by atoms with van der Waals surface area (Å²) in [7, 11) is 0. The van der Waals surface area contributed by atoms with Crippen LogP contribution in [0.25, 0.3) is 28.0 Å². The molecule has 4 nitrogen and oxygen atoms in total. The number of nitrogens with zero attached hydrogens (tertiary/aromatic N) is 2. The first-order valence-electron chi connectivity index (χ1n) is 7.26. The molecule has 0 aliphatic rings. The van der Waals surface area contributed by atoms with Crippen molar-refractivity contribution < 1.29 is 4.39 Å². The van der Waals surface area contributed by atoms with E-state index in [1.807, 2.05) is 18.2 Å². The van der Waals surface area contributed by atoms with Gasteiger partial charge in [-0.25, -0.2) is 13.9 Å². The van der Waals surface area contributed by atoms with Gasteiger partial charge in [0, 0.05) is 34.0 Å². The first kappa shape index (κ1) is 14.7. The molecule has 1 N–H and O–H groups in total. The van der Waals surface area contributed by atoms with Gasteiger partial charge in [-0.3, -0.25) is 9.89 Å². The molecule has 2 aromatic heterocycles. The Morgan fingerprint density at radius 1 is 1.00 bits per heavy atom. The highest BCUT2D eigenvalue weighted by atomic mass is 35.5. The number of halogens is 2. The second kappa shape index (κ2) is 5.62. The van der Waals surface area contributed by atoms with Gasteiger partial charge in [0.05, 0.1) is 5.69 Å². The SMILES string of the molecule is O=c1cc(-c2ccccc2F)nc2c(-c3ccccc3Cl)c[nH]n12. The maximum absolute atomic E-state index is 14.0. The number of H-pyrrole nitrogens is 1. The van der Waals surface area contributed by atoms with Gasteiger partial charge in [0.1, 0.15) is 5.82 Å². The summed E-state index contributed by atoms with van der Waals surface area (Å²) in [5.74, 6) is -0.427. The van der Waals surface area contributed by atoms with Crippen LogP contribution in [0.4, 0.5) is 4.39 Å². The number of hydrogen-bond donors (Lipinski definition) is 1. The van der Waals surface area contributed by atoms with Gasteiger partial charge < -0.3 is 0 Å². The number of aromatic nitrogens is 3. The van der Waals surface area contributed by atoms with Crippen LogP contribution >= 0.6 is 11.6 Å². The summed E-state index contributed by atoms with van der Waals surface area (Å²) in [4.78, 5) is 16.8. The highest BCUT2D eigenvalue weighted by Crippen LogP contribution is 2.30. The Kier molecular flexibility index (Phi) is 3.43. The average molecular weight is 340 g/mol. The lowest BCUT2D eigenvalue weighted by atomic mass is 10.1. The molecule has 0 aliphatic heterocycles. The van der Waals surface area contributed by atoms with E-state index in [0.717, 1.165) is 5.56 Å². The lowest BCUT2D eigenvalue weighted by molar-refractivity contribution is 0.630. The zero-order chi connectivity index (χ0) is 16.7. The average Bonchev–Trinajstić information content (AvgIpc) is 3.00. The number of benzene rings is 2. The van der Waals surface area contributed by atoms with Crippen LogP contribution in [0.5, 0.6) is 0 Å². The first-order valence-corrected chi connectivity index (χ1v) is 7.64. The molecular formula is C18H11ClFN3O. The predicted octanol–water partition coefficient (Wildman–Crippen LogP) is 4.15. The fourth-order valence-electron chi connectivity index (χ4n) is 2.67. The Morgan fingerprint density at radius 2 is 1.71 bits per heavy atom. The Morgan fingerprint density at radius 3 is 2.46 bits per heavy atom. The van der Waals surface area contributed by atoms with Crippen LogP contribution in [0.3, 0.4) is 0 Å². The summed E-state index contributed by atoms with van der Waals surface area (Å²) in [6.07, 6.45) is 1.66. The molecule has 0 aliphatic carbocycles. The fraction of sp³-hybridized carbons (Fsp3) is 0. The monoisotopic (exact) mass is 339 g/mol. The van der Waals surface area contributed by atoms with Crippen molar-refractivity contribution in [1.82, 2.24) is 14.6 Å². The minimum absolute atomic E-state index is 0.281. The van der Waals surface area contributed by atoms with Crippen LogP contribution in [0.15, 0.2) is 65.6 Å². The molecule has 0 saturated carbocycles. The molecule has 0 radical (unpaired) electrons. The summed E-state index contributed by atoms with van der Waals surface area (Å²) in [6.45, 7) is 0. The lowest BCUT2D eigenvalue weighted by Gasteiger charge is -2.05. The smallest absolute Gasteiger partial charge is 0.273 e. The lowest BCUT2D eigenvalue weighted by Crippen LogP contribution is -2.14.